The van der Waals surface area contributed by atoms with Crippen molar-refractivity contribution in [1.29, 1.82) is 0 Å². The molecule has 4 nitrogen and oxygen atoms in total. The lowest BCUT2D eigenvalue weighted by molar-refractivity contribution is 0.0305. The number of hydrogen-bond donors (Lipinski definition) is 1. The topological polar surface area (TPSA) is 39.1 Å². The Kier molecular flexibility index (Phi) is 6.36. The third-order valence-electron chi connectivity index (χ3n) is 3.19. The van der Waals surface area contributed by atoms with Crippen molar-refractivity contribution in [2.24, 2.45) is 5.92 Å². The predicted octanol–water partition coefficient (Wildman–Crippen LogP) is 2.61. The molecule has 0 spiro atoms. The van der Waals surface area contributed by atoms with Gasteiger partial charge in [-0.05, 0) is 24.9 Å². The van der Waals surface area contributed by atoms with Gasteiger partial charge in [0.1, 0.15) is 0 Å². The maximum atomic E-state index is 5.68. The van der Waals surface area contributed by atoms with Crippen molar-refractivity contribution in [1.82, 2.24) is 15.1 Å². The monoisotopic (exact) mass is 253 g/mol. The van der Waals surface area contributed by atoms with E-state index in [1.165, 1.54) is 5.69 Å². The van der Waals surface area contributed by atoms with Crippen LogP contribution in [0.1, 0.15) is 45.9 Å². The third-order valence-corrected chi connectivity index (χ3v) is 3.19. The first-order valence-electron chi connectivity index (χ1n) is 6.93. The van der Waals surface area contributed by atoms with Gasteiger partial charge in [-0.15, -0.1) is 0 Å². The maximum absolute atomic E-state index is 5.68. The number of aromatic nitrogens is 2. The highest BCUT2D eigenvalue weighted by atomic mass is 16.5. The highest BCUT2D eigenvalue weighted by Gasteiger charge is 2.27. The first kappa shape index (κ1) is 15.2. The molecule has 0 aliphatic carbocycles. The van der Waals surface area contributed by atoms with Crippen molar-refractivity contribution >= 4 is 0 Å². The zero-order chi connectivity index (χ0) is 13.5. The highest BCUT2D eigenvalue weighted by molar-refractivity contribution is 5.10. The fourth-order valence-electron chi connectivity index (χ4n) is 2.41. The molecule has 0 aliphatic heterocycles. The standard InChI is InChI=1S/C14H27N3O/c1-6-10-17-12(8-9-16-17)13(15-7-2)14(18-5)11(3)4/h8-9,11,13-15H,6-7,10H2,1-5H3. The van der Waals surface area contributed by atoms with Gasteiger partial charge in [-0.25, -0.2) is 0 Å². The van der Waals surface area contributed by atoms with Crippen molar-refractivity contribution < 1.29 is 4.74 Å². The number of nitrogens with zero attached hydrogens (tertiary/aromatic N) is 2. The van der Waals surface area contributed by atoms with Gasteiger partial charge in [-0.3, -0.25) is 4.68 Å². The lowest BCUT2D eigenvalue weighted by atomic mass is 9.96. The summed E-state index contributed by atoms with van der Waals surface area (Å²) in [7, 11) is 1.79. The maximum Gasteiger partial charge on any atom is 0.0804 e. The summed E-state index contributed by atoms with van der Waals surface area (Å²) in [5, 5.41) is 7.94. The summed E-state index contributed by atoms with van der Waals surface area (Å²) < 4.78 is 7.76. The van der Waals surface area contributed by atoms with Crippen LogP contribution in [-0.4, -0.2) is 29.5 Å². The van der Waals surface area contributed by atoms with Crippen LogP contribution in [0.25, 0.3) is 0 Å². The van der Waals surface area contributed by atoms with Crippen molar-refractivity contribution in [3.8, 4) is 0 Å². The molecule has 2 atom stereocenters. The fraction of sp³-hybridized carbons (Fsp3) is 0.786. The van der Waals surface area contributed by atoms with E-state index in [4.69, 9.17) is 4.74 Å². The summed E-state index contributed by atoms with van der Waals surface area (Å²) in [4.78, 5) is 0. The Morgan fingerprint density at radius 3 is 2.61 bits per heavy atom. The van der Waals surface area contributed by atoms with Gasteiger partial charge in [0.2, 0.25) is 0 Å². The van der Waals surface area contributed by atoms with E-state index in [-0.39, 0.29) is 12.1 Å². The van der Waals surface area contributed by atoms with Gasteiger partial charge in [0.05, 0.1) is 17.8 Å². The van der Waals surface area contributed by atoms with Crippen molar-refractivity contribution in [3.63, 3.8) is 0 Å². The lowest BCUT2D eigenvalue weighted by Gasteiger charge is -2.30. The minimum Gasteiger partial charge on any atom is -0.379 e. The predicted molar refractivity (Wildman–Crippen MR) is 74.6 cm³/mol. The van der Waals surface area contributed by atoms with Gasteiger partial charge in [-0.2, -0.15) is 5.10 Å². The molecule has 1 aromatic heterocycles. The van der Waals surface area contributed by atoms with E-state index in [1.807, 2.05) is 6.20 Å². The molecular formula is C14H27N3O. The van der Waals surface area contributed by atoms with Gasteiger partial charge in [-0.1, -0.05) is 27.7 Å². The molecule has 4 heteroatoms. The molecule has 0 bridgehead atoms. The summed E-state index contributed by atoms with van der Waals surface area (Å²) in [5.41, 5.74) is 1.22. The van der Waals surface area contributed by atoms with E-state index in [9.17, 15) is 0 Å². The second-order valence-electron chi connectivity index (χ2n) is 4.96. The molecule has 104 valence electrons. The zero-order valence-corrected chi connectivity index (χ0v) is 12.3. The first-order chi connectivity index (χ1) is 8.65. The molecule has 2 unspecified atom stereocenters. The first-order valence-corrected chi connectivity index (χ1v) is 6.93. The third kappa shape index (κ3) is 3.56. The molecule has 1 rings (SSSR count). The largest absolute Gasteiger partial charge is 0.379 e. The molecule has 0 fully saturated rings. The number of likely N-dealkylation sites (N-methyl/N-ethyl adjacent to an activating group) is 1. The Labute approximate surface area is 111 Å². The molecule has 1 aromatic rings. The van der Waals surface area contributed by atoms with Crippen LogP contribution in [0.2, 0.25) is 0 Å². The average Bonchev–Trinajstić information content (AvgIpc) is 2.77. The number of ether oxygens (including phenoxy) is 1. The molecule has 0 radical (unpaired) electrons. The lowest BCUT2D eigenvalue weighted by Crippen LogP contribution is -2.38. The second kappa shape index (κ2) is 7.54. The van der Waals surface area contributed by atoms with Crippen LogP contribution in [0.5, 0.6) is 0 Å². The van der Waals surface area contributed by atoms with E-state index in [0.717, 1.165) is 19.5 Å². The van der Waals surface area contributed by atoms with Gasteiger partial charge in [0, 0.05) is 19.9 Å². The summed E-state index contributed by atoms with van der Waals surface area (Å²) in [6, 6.07) is 2.30. The molecule has 18 heavy (non-hydrogen) atoms. The molecular weight excluding hydrogens is 226 g/mol. The van der Waals surface area contributed by atoms with Crippen molar-refractivity contribution in [2.75, 3.05) is 13.7 Å². The van der Waals surface area contributed by atoms with Gasteiger partial charge in [0.15, 0.2) is 0 Å². The molecule has 0 saturated carbocycles. The number of rotatable bonds is 8. The van der Waals surface area contributed by atoms with Crippen molar-refractivity contribution in [3.05, 3.63) is 18.0 Å². The summed E-state index contributed by atoms with van der Waals surface area (Å²) in [6.07, 6.45) is 3.13. The van der Waals surface area contributed by atoms with E-state index in [2.05, 4.69) is 48.9 Å². The minimum absolute atomic E-state index is 0.164. The van der Waals surface area contributed by atoms with E-state index < -0.39 is 0 Å². The molecule has 1 N–H and O–H groups in total. The van der Waals surface area contributed by atoms with Crippen LogP contribution in [-0.2, 0) is 11.3 Å². The molecule has 0 saturated heterocycles. The summed E-state index contributed by atoms with van der Waals surface area (Å²) in [5.74, 6) is 0.462. The second-order valence-corrected chi connectivity index (χ2v) is 4.96. The molecule has 0 aromatic carbocycles. The number of methoxy groups -OCH3 is 1. The normalized spacial score (nSPS) is 15.0. The van der Waals surface area contributed by atoms with Crippen LogP contribution in [0.4, 0.5) is 0 Å². The van der Waals surface area contributed by atoms with E-state index in [1.54, 1.807) is 7.11 Å². The molecule has 0 amide bonds. The number of nitrogens with one attached hydrogen (secondary N) is 1. The number of aryl methyl sites for hydroxylation is 1. The Morgan fingerprint density at radius 2 is 2.11 bits per heavy atom. The zero-order valence-electron chi connectivity index (χ0n) is 12.3. The molecule has 0 aliphatic rings. The van der Waals surface area contributed by atoms with Crippen LogP contribution in [0.15, 0.2) is 12.3 Å². The van der Waals surface area contributed by atoms with Gasteiger partial charge in [0.25, 0.3) is 0 Å². The average molecular weight is 253 g/mol. The highest BCUT2D eigenvalue weighted by Crippen LogP contribution is 2.24. The van der Waals surface area contributed by atoms with Crippen LogP contribution >= 0.6 is 0 Å². The Morgan fingerprint density at radius 1 is 1.39 bits per heavy atom. The van der Waals surface area contributed by atoms with Crippen LogP contribution in [0.3, 0.4) is 0 Å². The van der Waals surface area contributed by atoms with Gasteiger partial charge < -0.3 is 10.1 Å². The van der Waals surface area contributed by atoms with Crippen molar-refractivity contribution in [2.45, 2.75) is 52.8 Å². The quantitative estimate of drug-likeness (QED) is 0.774. The van der Waals surface area contributed by atoms with E-state index in [0.29, 0.717) is 5.92 Å². The fourth-order valence-corrected chi connectivity index (χ4v) is 2.41. The van der Waals surface area contributed by atoms with Gasteiger partial charge >= 0.3 is 0 Å². The van der Waals surface area contributed by atoms with Crippen LogP contribution in [0, 0.1) is 5.92 Å². The van der Waals surface area contributed by atoms with Crippen LogP contribution < -0.4 is 5.32 Å². The Balaban J connectivity index is 2.98. The van der Waals surface area contributed by atoms with E-state index >= 15 is 0 Å². The Hall–Kier alpha value is -0.870. The Bertz CT molecular complexity index is 336. The molecule has 1 heterocycles. The smallest absolute Gasteiger partial charge is 0.0804 e. The summed E-state index contributed by atoms with van der Waals surface area (Å²) in [6.45, 7) is 10.6. The number of hydrogen-bond acceptors (Lipinski definition) is 3. The SMILES string of the molecule is CCCn1nccc1C(NCC)C(OC)C(C)C. The summed E-state index contributed by atoms with van der Waals surface area (Å²) >= 11 is 0. The minimum atomic E-state index is 0.164.